The second-order valence-electron chi connectivity index (χ2n) is 5.29. The molecule has 1 aromatic carbocycles. The Morgan fingerprint density at radius 1 is 1.16 bits per heavy atom. The van der Waals surface area contributed by atoms with E-state index < -0.39 is 0 Å². The average Bonchev–Trinajstić information content (AvgIpc) is 2.41. The molecule has 0 spiro atoms. The van der Waals surface area contributed by atoms with Gasteiger partial charge in [-0.3, -0.25) is 0 Å². The standard InChI is InChI=1S/C16H25NO2/c1-3-5-12-6-8-13(9-7-12)19-15-11-14(17)16(15)18-10-4-2/h6-9,14-16H,3-5,10-11,17H2,1-2H3. The van der Waals surface area contributed by atoms with E-state index in [9.17, 15) is 0 Å². The lowest BCUT2D eigenvalue weighted by molar-refractivity contribution is -0.0980. The van der Waals surface area contributed by atoms with Crippen molar-refractivity contribution in [2.75, 3.05) is 6.61 Å². The van der Waals surface area contributed by atoms with Crippen LogP contribution in [0.25, 0.3) is 0 Å². The SMILES string of the molecule is CCCOC1C(N)CC1Oc1ccc(CCC)cc1. The minimum absolute atomic E-state index is 0.0512. The van der Waals surface area contributed by atoms with Gasteiger partial charge in [0.05, 0.1) is 0 Å². The van der Waals surface area contributed by atoms with Crippen molar-refractivity contribution in [3.8, 4) is 5.75 Å². The van der Waals surface area contributed by atoms with Crippen LogP contribution in [-0.4, -0.2) is 24.9 Å². The molecular formula is C16H25NO2. The second kappa shape index (κ2) is 6.92. The van der Waals surface area contributed by atoms with Gasteiger partial charge < -0.3 is 15.2 Å². The van der Waals surface area contributed by atoms with E-state index in [4.69, 9.17) is 15.2 Å². The van der Waals surface area contributed by atoms with E-state index in [0.717, 1.165) is 31.6 Å². The molecule has 3 unspecified atom stereocenters. The third kappa shape index (κ3) is 3.71. The van der Waals surface area contributed by atoms with Crippen molar-refractivity contribution < 1.29 is 9.47 Å². The number of hydrogen-bond donors (Lipinski definition) is 1. The third-order valence-corrected chi connectivity index (χ3v) is 3.56. The van der Waals surface area contributed by atoms with Gasteiger partial charge in [-0.05, 0) is 30.5 Å². The molecule has 3 heteroatoms. The highest BCUT2D eigenvalue weighted by Crippen LogP contribution is 2.28. The molecule has 2 N–H and O–H groups in total. The normalized spacial score (nSPS) is 25.9. The average molecular weight is 263 g/mol. The summed E-state index contributed by atoms with van der Waals surface area (Å²) in [6.07, 6.45) is 4.35. The van der Waals surface area contributed by atoms with Crippen molar-refractivity contribution in [2.45, 2.75) is 57.8 Å². The largest absolute Gasteiger partial charge is 0.488 e. The molecule has 0 amide bonds. The van der Waals surface area contributed by atoms with Crippen LogP contribution in [0.4, 0.5) is 0 Å². The topological polar surface area (TPSA) is 44.5 Å². The van der Waals surface area contributed by atoms with E-state index in [1.54, 1.807) is 0 Å². The van der Waals surface area contributed by atoms with Gasteiger partial charge in [-0.25, -0.2) is 0 Å². The Labute approximate surface area is 116 Å². The Morgan fingerprint density at radius 2 is 1.89 bits per heavy atom. The summed E-state index contributed by atoms with van der Waals surface area (Å²) in [5, 5.41) is 0. The lowest BCUT2D eigenvalue weighted by Gasteiger charge is -2.41. The lowest BCUT2D eigenvalue weighted by Crippen LogP contribution is -2.59. The van der Waals surface area contributed by atoms with Gasteiger partial charge in [0.25, 0.3) is 0 Å². The van der Waals surface area contributed by atoms with E-state index in [1.165, 1.54) is 12.0 Å². The van der Waals surface area contributed by atoms with Gasteiger partial charge in [0, 0.05) is 19.1 Å². The van der Waals surface area contributed by atoms with Crippen LogP contribution in [0.15, 0.2) is 24.3 Å². The number of ether oxygens (including phenoxy) is 2. The molecule has 1 aliphatic rings. The van der Waals surface area contributed by atoms with Crippen LogP contribution in [0.1, 0.15) is 38.7 Å². The highest BCUT2D eigenvalue weighted by Gasteiger charge is 2.41. The third-order valence-electron chi connectivity index (χ3n) is 3.56. The molecule has 0 saturated heterocycles. The van der Waals surface area contributed by atoms with Crippen LogP contribution in [0.5, 0.6) is 5.75 Å². The van der Waals surface area contributed by atoms with E-state index in [0.29, 0.717) is 0 Å². The molecule has 0 bridgehead atoms. The Kier molecular flexibility index (Phi) is 5.23. The summed E-state index contributed by atoms with van der Waals surface area (Å²) >= 11 is 0. The lowest BCUT2D eigenvalue weighted by atomic mass is 9.86. The van der Waals surface area contributed by atoms with Crippen molar-refractivity contribution in [1.82, 2.24) is 0 Å². The fourth-order valence-corrected chi connectivity index (χ4v) is 2.41. The first kappa shape index (κ1) is 14.4. The fraction of sp³-hybridized carbons (Fsp3) is 0.625. The summed E-state index contributed by atoms with van der Waals surface area (Å²) in [5.74, 6) is 0.918. The molecule has 0 aliphatic heterocycles. The molecule has 0 radical (unpaired) electrons. The maximum Gasteiger partial charge on any atom is 0.128 e. The first-order valence-electron chi connectivity index (χ1n) is 7.37. The summed E-state index contributed by atoms with van der Waals surface area (Å²) in [4.78, 5) is 0. The first-order valence-corrected chi connectivity index (χ1v) is 7.37. The highest BCUT2D eigenvalue weighted by molar-refractivity contribution is 5.28. The van der Waals surface area contributed by atoms with Gasteiger partial charge in [0.1, 0.15) is 18.0 Å². The first-order chi connectivity index (χ1) is 9.24. The minimum Gasteiger partial charge on any atom is -0.488 e. The van der Waals surface area contributed by atoms with Crippen LogP contribution in [0, 0.1) is 0 Å². The number of nitrogens with two attached hydrogens (primary N) is 1. The van der Waals surface area contributed by atoms with Crippen molar-refractivity contribution in [3.05, 3.63) is 29.8 Å². The van der Waals surface area contributed by atoms with E-state index in [1.807, 2.05) is 12.1 Å². The number of hydrogen-bond acceptors (Lipinski definition) is 3. The Morgan fingerprint density at radius 3 is 2.47 bits per heavy atom. The molecule has 1 saturated carbocycles. The van der Waals surface area contributed by atoms with Crippen molar-refractivity contribution in [3.63, 3.8) is 0 Å². The summed E-state index contributed by atoms with van der Waals surface area (Å²) < 4.78 is 11.7. The molecule has 0 heterocycles. The quantitative estimate of drug-likeness (QED) is 0.822. The van der Waals surface area contributed by atoms with Crippen LogP contribution < -0.4 is 10.5 Å². The minimum atomic E-state index is 0.0512. The zero-order valence-electron chi connectivity index (χ0n) is 12.0. The van der Waals surface area contributed by atoms with Crippen LogP contribution in [-0.2, 0) is 11.2 Å². The van der Waals surface area contributed by atoms with Gasteiger partial charge in [0.2, 0.25) is 0 Å². The molecule has 0 aromatic heterocycles. The van der Waals surface area contributed by atoms with Crippen molar-refractivity contribution in [1.29, 1.82) is 0 Å². The van der Waals surface area contributed by atoms with Gasteiger partial charge in [-0.2, -0.15) is 0 Å². The summed E-state index contributed by atoms with van der Waals surface area (Å²) in [6.45, 7) is 5.05. The maximum absolute atomic E-state index is 5.97. The summed E-state index contributed by atoms with van der Waals surface area (Å²) in [6, 6.07) is 8.49. The van der Waals surface area contributed by atoms with Gasteiger partial charge in [0.15, 0.2) is 0 Å². The monoisotopic (exact) mass is 263 g/mol. The van der Waals surface area contributed by atoms with Gasteiger partial charge in [-0.1, -0.05) is 32.4 Å². The molecule has 106 valence electrons. The van der Waals surface area contributed by atoms with E-state index in [2.05, 4.69) is 26.0 Å². The Balaban J connectivity index is 1.86. The molecular weight excluding hydrogens is 238 g/mol. The molecule has 2 rings (SSSR count). The maximum atomic E-state index is 5.97. The molecule has 1 aromatic rings. The van der Waals surface area contributed by atoms with Crippen LogP contribution in [0.2, 0.25) is 0 Å². The smallest absolute Gasteiger partial charge is 0.128 e. The summed E-state index contributed by atoms with van der Waals surface area (Å²) in [7, 11) is 0. The number of benzene rings is 1. The highest BCUT2D eigenvalue weighted by atomic mass is 16.5. The summed E-state index contributed by atoms with van der Waals surface area (Å²) in [5.41, 5.74) is 7.33. The number of rotatable bonds is 7. The predicted molar refractivity (Wildman–Crippen MR) is 77.5 cm³/mol. The second-order valence-corrected chi connectivity index (χ2v) is 5.29. The molecule has 3 atom stereocenters. The Bertz CT molecular complexity index is 377. The predicted octanol–water partition coefficient (Wildman–Crippen LogP) is 2.91. The van der Waals surface area contributed by atoms with Crippen LogP contribution in [0.3, 0.4) is 0 Å². The van der Waals surface area contributed by atoms with Crippen molar-refractivity contribution in [2.24, 2.45) is 5.73 Å². The van der Waals surface area contributed by atoms with Gasteiger partial charge in [-0.15, -0.1) is 0 Å². The zero-order valence-corrected chi connectivity index (χ0v) is 12.0. The van der Waals surface area contributed by atoms with Crippen molar-refractivity contribution >= 4 is 0 Å². The van der Waals surface area contributed by atoms with E-state index >= 15 is 0 Å². The van der Waals surface area contributed by atoms with E-state index in [-0.39, 0.29) is 18.2 Å². The number of aryl methyl sites for hydroxylation is 1. The zero-order chi connectivity index (χ0) is 13.7. The van der Waals surface area contributed by atoms with Gasteiger partial charge >= 0.3 is 0 Å². The molecule has 1 fully saturated rings. The molecule has 19 heavy (non-hydrogen) atoms. The molecule has 1 aliphatic carbocycles. The molecule has 3 nitrogen and oxygen atoms in total. The van der Waals surface area contributed by atoms with Crippen LogP contribution >= 0.6 is 0 Å². The Hall–Kier alpha value is -1.06. The fourth-order valence-electron chi connectivity index (χ4n) is 2.41.